The largest absolute Gasteiger partial charge is 0.450 e. The zero-order chi connectivity index (χ0) is 21.7. The summed E-state index contributed by atoms with van der Waals surface area (Å²) < 4.78 is 39.7. The zero-order valence-corrected chi connectivity index (χ0v) is 18.1. The molecule has 1 fully saturated rings. The summed E-state index contributed by atoms with van der Waals surface area (Å²) in [5.74, 6) is -1.11. The average molecular weight is 438 g/mol. The van der Waals surface area contributed by atoms with Gasteiger partial charge in [0.2, 0.25) is 5.76 Å². The molecule has 9 heteroatoms. The summed E-state index contributed by atoms with van der Waals surface area (Å²) in [6.45, 7) is 2.13. The van der Waals surface area contributed by atoms with Crippen LogP contribution in [0, 0.1) is 0 Å². The Hall–Kier alpha value is -2.39. The molecule has 1 aromatic carbocycles. The predicted molar refractivity (Wildman–Crippen MR) is 111 cm³/mol. The van der Waals surface area contributed by atoms with E-state index in [-0.39, 0.29) is 29.9 Å². The van der Waals surface area contributed by atoms with Crippen molar-refractivity contribution in [3.05, 3.63) is 35.6 Å². The fraction of sp³-hybridized carbons (Fsp3) is 0.524. The quantitative estimate of drug-likeness (QED) is 0.555. The maximum atomic E-state index is 12.8. The number of unbranched alkanes of at least 4 members (excludes halogenated alkanes) is 1. The summed E-state index contributed by atoms with van der Waals surface area (Å²) in [6.07, 6.45) is 2.02. The molecule has 1 aliphatic rings. The highest BCUT2D eigenvalue weighted by molar-refractivity contribution is 7.91. The molecule has 0 spiro atoms. The highest BCUT2D eigenvalue weighted by Gasteiger charge is 2.35. The van der Waals surface area contributed by atoms with Gasteiger partial charge < -0.3 is 18.8 Å². The number of ether oxygens (including phenoxy) is 2. The Morgan fingerprint density at radius 3 is 2.70 bits per heavy atom. The van der Waals surface area contributed by atoms with Crippen molar-refractivity contribution in [2.45, 2.75) is 38.8 Å². The normalized spacial score (nSPS) is 17.9. The zero-order valence-electron chi connectivity index (χ0n) is 17.3. The van der Waals surface area contributed by atoms with Crippen LogP contribution in [-0.4, -0.2) is 63.0 Å². The summed E-state index contributed by atoms with van der Waals surface area (Å²) >= 11 is 0. The average Bonchev–Trinajstić information content (AvgIpc) is 3.27. The fourth-order valence-corrected chi connectivity index (χ4v) is 5.42. The standard InChI is InChI=1S/C21H27NO7S/c1-3-4-10-22(15-9-11-30(25,26)14-15)19(23)13-28-21(24)20-17(12-27-2)16-7-5-6-8-18(16)29-20/h5-8,15H,3-4,9-14H2,1-2H3/t15-/m0/s1. The minimum Gasteiger partial charge on any atom is -0.450 e. The van der Waals surface area contributed by atoms with Crippen molar-refractivity contribution in [2.75, 3.05) is 31.8 Å². The summed E-state index contributed by atoms with van der Waals surface area (Å²) in [6, 6.07) is 6.81. The number of nitrogens with zero attached hydrogens (tertiary/aromatic N) is 1. The van der Waals surface area contributed by atoms with Crippen LogP contribution >= 0.6 is 0 Å². The second kappa shape index (κ2) is 9.61. The van der Waals surface area contributed by atoms with Crippen LogP contribution in [0.4, 0.5) is 0 Å². The van der Waals surface area contributed by atoms with Crippen LogP contribution in [0.3, 0.4) is 0 Å². The lowest BCUT2D eigenvalue weighted by Gasteiger charge is -2.28. The van der Waals surface area contributed by atoms with Gasteiger partial charge in [0, 0.05) is 30.6 Å². The van der Waals surface area contributed by atoms with E-state index in [1.54, 1.807) is 12.1 Å². The Kier molecular flexibility index (Phi) is 7.14. The number of hydrogen-bond donors (Lipinski definition) is 0. The Morgan fingerprint density at radius 2 is 2.03 bits per heavy atom. The number of methoxy groups -OCH3 is 1. The van der Waals surface area contributed by atoms with Gasteiger partial charge in [0.15, 0.2) is 16.4 Å². The molecule has 2 aromatic rings. The number of fused-ring (bicyclic) bond motifs is 1. The lowest BCUT2D eigenvalue weighted by atomic mass is 10.1. The minimum absolute atomic E-state index is 0.00871. The van der Waals surface area contributed by atoms with Crippen LogP contribution in [0.1, 0.15) is 42.3 Å². The second-order valence-electron chi connectivity index (χ2n) is 7.41. The van der Waals surface area contributed by atoms with E-state index in [0.29, 0.717) is 24.1 Å². The Morgan fingerprint density at radius 1 is 1.27 bits per heavy atom. The third-order valence-electron chi connectivity index (χ3n) is 5.22. The lowest BCUT2D eigenvalue weighted by molar-refractivity contribution is -0.136. The number of carbonyl (C=O) groups is 2. The van der Waals surface area contributed by atoms with Gasteiger partial charge in [-0.25, -0.2) is 13.2 Å². The number of para-hydroxylation sites is 1. The lowest BCUT2D eigenvalue weighted by Crippen LogP contribution is -2.43. The van der Waals surface area contributed by atoms with Crippen LogP contribution in [0.5, 0.6) is 0 Å². The minimum atomic E-state index is -3.13. The predicted octanol–water partition coefficient (Wildman–Crippen LogP) is 2.55. The molecule has 0 saturated carbocycles. The van der Waals surface area contributed by atoms with E-state index in [0.717, 1.165) is 18.2 Å². The Balaban J connectivity index is 1.71. The Bertz CT molecular complexity index is 1010. The molecule has 8 nitrogen and oxygen atoms in total. The first-order valence-electron chi connectivity index (χ1n) is 10.0. The monoisotopic (exact) mass is 437 g/mol. The molecule has 1 atom stereocenters. The van der Waals surface area contributed by atoms with Gasteiger partial charge in [-0.15, -0.1) is 0 Å². The van der Waals surface area contributed by atoms with Crippen molar-refractivity contribution < 1.29 is 31.9 Å². The fourth-order valence-electron chi connectivity index (χ4n) is 3.69. The van der Waals surface area contributed by atoms with Crippen molar-refractivity contribution in [3.8, 4) is 0 Å². The summed E-state index contributed by atoms with van der Waals surface area (Å²) in [7, 11) is -1.62. The first-order chi connectivity index (χ1) is 14.4. The van der Waals surface area contributed by atoms with Gasteiger partial charge in [-0.05, 0) is 18.9 Å². The summed E-state index contributed by atoms with van der Waals surface area (Å²) in [5.41, 5.74) is 1.10. The number of furan rings is 1. The van der Waals surface area contributed by atoms with Crippen molar-refractivity contribution in [1.29, 1.82) is 0 Å². The van der Waals surface area contributed by atoms with Crippen molar-refractivity contribution in [2.24, 2.45) is 0 Å². The third-order valence-corrected chi connectivity index (χ3v) is 6.97. The molecular weight excluding hydrogens is 410 g/mol. The van der Waals surface area contributed by atoms with Gasteiger partial charge in [0.1, 0.15) is 5.58 Å². The number of esters is 1. The molecule has 0 unspecified atom stereocenters. The van der Waals surface area contributed by atoms with E-state index < -0.39 is 28.3 Å². The maximum absolute atomic E-state index is 12.8. The first kappa shape index (κ1) is 22.3. The van der Waals surface area contributed by atoms with Gasteiger partial charge >= 0.3 is 5.97 Å². The number of amides is 1. The smallest absolute Gasteiger partial charge is 0.375 e. The third kappa shape index (κ3) is 5.02. The number of hydrogen-bond acceptors (Lipinski definition) is 7. The molecular formula is C21H27NO7S. The number of sulfone groups is 1. The molecule has 1 aliphatic heterocycles. The molecule has 1 aromatic heterocycles. The van der Waals surface area contributed by atoms with Gasteiger partial charge in [-0.1, -0.05) is 31.5 Å². The molecule has 0 bridgehead atoms. The van der Waals surface area contributed by atoms with Gasteiger partial charge in [-0.2, -0.15) is 0 Å². The van der Waals surface area contributed by atoms with Gasteiger partial charge in [0.05, 0.1) is 18.1 Å². The van der Waals surface area contributed by atoms with Crippen LogP contribution in [0.25, 0.3) is 11.0 Å². The molecule has 0 aliphatic carbocycles. The number of rotatable bonds is 9. The molecule has 2 heterocycles. The van der Waals surface area contributed by atoms with Gasteiger partial charge in [-0.3, -0.25) is 4.79 Å². The highest BCUT2D eigenvalue weighted by atomic mass is 32.2. The van der Waals surface area contributed by atoms with Crippen molar-refractivity contribution in [1.82, 2.24) is 4.90 Å². The van der Waals surface area contributed by atoms with Crippen molar-refractivity contribution >= 4 is 32.7 Å². The Labute approximate surface area is 176 Å². The molecule has 0 N–H and O–H groups in total. The van der Waals surface area contributed by atoms with Crippen LogP contribution in [0.15, 0.2) is 28.7 Å². The number of carbonyl (C=O) groups excluding carboxylic acids is 2. The van der Waals surface area contributed by atoms with E-state index >= 15 is 0 Å². The SMILES string of the molecule is CCCCN(C(=O)COC(=O)c1oc2ccccc2c1COC)[C@H]1CCS(=O)(=O)C1. The maximum Gasteiger partial charge on any atom is 0.375 e. The second-order valence-corrected chi connectivity index (χ2v) is 9.64. The van der Waals surface area contributed by atoms with Crippen LogP contribution in [0.2, 0.25) is 0 Å². The molecule has 1 amide bonds. The van der Waals surface area contributed by atoms with E-state index in [2.05, 4.69) is 0 Å². The van der Waals surface area contributed by atoms with Gasteiger partial charge in [0.25, 0.3) is 5.91 Å². The van der Waals surface area contributed by atoms with E-state index in [4.69, 9.17) is 13.9 Å². The molecule has 3 rings (SSSR count). The molecule has 164 valence electrons. The van der Waals surface area contributed by atoms with E-state index in [9.17, 15) is 18.0 Å². The van der Waals surface area contributed by atoms with E-state index in [1.807, 2.05) is 19.1 Å². The topological polar surface area (TPSA) is 103 Å². The van der Waals surface area contributed by atoms with Crippen LogP contribution < -0.4 is 0 Å². The molecule has 0 radical (unpaired) electrons. The first-order valence-corrected chi connectivity index (χ1v) is 11.8. The van der Waals surface area contributed by atoms with E-state index in [1.165, 1.54) is 12.0 Å². The van der Waals surface area contributed by atoms with Crippen molar-refractivity contribution in [3.63, 3.8) is 0 Å². The summed E-state index contributed by atoms with van der Waals surface area (Å²) in [4.78, 5) is 26.9. The highest BCUT2D eigenvalue weighted by Crippen LogP contribution is 2.27. The molecule has 30 heavy (non-hydrogen) atoms. The summed E-state index contributed by atoms with van der Waals surface area (Å²) in [5, 5.41) is 0.748. The molecule has 1 saturated heterocycles. The number of benzene rings is 1. The van der Waals surface area contributed by atoms with Crippen LogP contribution in [-0.2, 0) is 30.7 Å².